The normalized spacial score (nSPS) is 11.8. The lowest BCUT2D eigenvalue weighted by Crippen LogP contribution is -2.37. The Morgan fingerprint density at radius 2 is 1.81 bits per heavy atom. The van der Waals surface area contributed by atoms with Crippen molar-refractivity contribution >= 4 is 23.2 Å². The number of aryl methyl sites for hydroxylation is 1. The average Bonchev–Trinajstić information content (AvgIpc) is 2.33. The summed E-state index contributed by atoms with van der Waals surface area (Å²) in [6.07, 6.45) is 0. The first kappa shape index (κ1) is 13.8. The molecule has 0 fully saturated rings. The molecule has 0 heterocycles. The molecule has 0 aliphatic carbocycles. The number of rotatable bonds is 6. The van der Waals surface area contributed by atoms with Crippen LogP contribution in [0, 0.1) is 6.92 Å². The molecule has 0 amide bonds. The van der Waals surface area contributed by atoms with Gasteiger partial charge in [-0.15, -0.1) is 23.2 Å². The van der Waals surface area contributed by atoms with E-state index in [9.17, 15) is 0 Å². The van der Waals surface area contributed by atoms with Crippen LogP contribution in [0.1, 0.15) is 18.1 Å². The molecule has 0 radical (unpaired) electrons. The van der Waals surface area contributed by atoms with Gasteiger partial charge in [0.25, 0.3) is 0 Å². The summed E-state index contributed by atoms with van der Waals surface area (Å²) in [6.45, 7) is 5.31. The highest BCUT2D eigenvalue weighted by atomic mass is 35.5. The first-order valence-corrected chi connectivity index (χ1v) is 6.53. The molecule has 0 aliphatic rings. The van der Waals surface area contributed by atoms with Crippen molar-refractivity contribution in [1.82, 2.24) is 0 Å². The van der Waals surface area contributed by atoms with E-state index in [1.165, 1.54) is 11.1 Å². The number of hydrogen-bond donors (Lipinski definition) is 0. The second-order valence-electron chi connectivity index (χ2n) is 4.00. The second kappa shape index (κ2) is 6.48. The van der Waals surface area contributed by atoms with Gasteiger partial charge in [-0.05, 0) is 25.0 Å². The van der Waals surface area contributed by atoms with Gasteiger partial charge in [0.15, 0.2) is 0 Å². The van der Waals surface area contributed by atoms with Crippen molar-refractivity contribution in [2.24, 2.45) is 0 Å². The Hall–Kier alpha value is -0.240. The van der Waals surface area contributed by atoms with E-state index in [0.29, 0.717) is 25.0 Å². The maximum Gasteiger partial charge on any atom is 0.0585 e. The van der Waals surface area contributed by atoms with Gasteiger partial charge >= 0.3 is 0 Å². The number of hydrogen-bond acceptors (Lipinski definition) is 1. The zero-order valence-electron chi connectivity index (χ0n) is 9.80. The van der Waals surface area contributed by atoms with Crippen molar-refractivity contribution in [3.05, 3.63) is 35.4 Å². The number of benzene rings is 1. The summed E-state index contributed by atoms with van der Waals surface area (Å²) >= 11 is 12.2. The molecule has 1 rings (SSSR count). The Morgan fingerprint density at radius 1 is 1.19 bits per heavy atom. The molecular weight excluding hydrogens is 243 g/mol. The van der Waals surface area contributed by atoms with Gasteiger partial charge in [-0.3, -0.25) is 0 Å². The van der Waals surface area contributed by atoms with Gasteiger partial charge in [-0.25, -0.2) is 0 Å². The Bertz CT molecular complexity index is 321. The van der Waals surface area contributed by atoms with Crippen LogP contribution in [-0.2, 0) is 10.2 Å². The van der Waals surface area contributed by atoms with Gasteiger partial charge in [-0.2, -0.15) is 0 Å². The van der Waals surface area contributed by atoms with Gasteiger partial charge < -0.3 is 4.74 Å². The molecule has 1 aromatic carbocycles. The molecule has 0 aliphatic heterocycles. The summed E-state index contributed by atoms with van der Waals surface area (Å²) in [5.74, 6) is 0.947. The summed E-state index contributed by atoms with van der Waals surface area (Å²) in [4.78, 5) is 0. The zero-order chi connectivity index (χ0) is 12.0. The van der Waals surface area contributed by atoms with Crippen LogP contribution in [0.4, 0.5) is 0 Å². The molecule has 0 spiro atoms. The topological polar surface area (TPSA) is 9.23 Å². The largest absolute Gasteiger partial charge is 0.381 e. The smallest absolute Gasteiger partial charge is 0.0585 e. The van der Waals surface area contributed by atoms with Gasteiger partial charge in [0.1, 0.15) is 0 Å². The van der Waals surface area contributed by atoms with Crippen molar-refractivity contribution < 1.29 is 4.74 Å². The minimum atomic E-state index is -0.273. The molecule has 1 aromatic rings. The Kier molecular flexibility index (Phi) is 5.60. The third kappa shape index (κ3) is 2.91. The van der Waals surface area contributed by atoms with E-state index in [1.54, 1.807) is 0 Å². The fourth-order valence-corrected chi connectivity index (χ4v) is 2.53. The second-order valence-corrected chi connectivity index (χ2v) is 4.53. The van der Waals surface area contributed by atoms with E-state index in [-0.39, 0.29) is 5.41 Å². The standard InChI is InChI=1S/C13H18Cl2O/c1-3-16-10-13(8-14,9-15)12-7-5-4-6-11(12)2/h4-7H,3,8-10H2,1-2H3. The van der Waals surface area contributed by atoms with Crippen LogP contribution >= 0.6 is 23.2 Å². The minimum absolute atomic E-state index is 0.273. The number of ether oxygens (including phenoxy) is 1. The molecular formula is C13H18Cl2O. The van der Waals surface area contributed by atoms with Crippen molar-refractivity contribution in [3.63, 3.8) is 0 Å². The summed E-state index contributed by atoms with van der Waals surface area (Å²) < 4.78 is 5.52. The highest BCUT2D eigenvalue weighted by molar-refractivity contribution is 6.22. The molecule has 0 unspecified atom stereocenters. The quantitative estimate of drug-likeness (QED) is 0.709. The van der Waals surface area contributed by atoms with Crippen LogP contribution < -0.4 is 0 Å². The van der Waals surface area contributed by atoms with E-state index in [1.807, 2.05) is 19.1 Å². The van der Waals surface area contributed by atoms with Crippen LogP contribution in [0.25, 0.3) is 0 Å². The van der Waals surface area contributed by atoms with Crippen LogP contribution in [0.2, 0.25) is 0 Å². The molecule has 3 heteroatoms. The Balaban J connectivity index is 3.05. The Labute approximate surface area is 108 Å². The zero-order valence-corrected chi connectivity index (χ0v) is 11.3. The van der Waals surface area contributed by atoms with E-state index < -0.39 is 0 Å². The fraction of sp³-hybridized carbons (Fsp3) is 0.538. The van der Waals surface area contributed by atoms with E-state index in [4.69, 9.17) is 27.9 Å². The van der Waals surface area contributed by atoms with Crippen molar-refractivity contribution in [2.45, 2.75) is 19.3 Å². The molecule has 0 N–H and O–H groups in total. The molecule has 0 saturated heterocycles. The highest BCUT2D eigenvalue weighted by Gasteiger charge is 2.32. The molecule has 0 atom stereocenters. The lowest BCUT2D eigenvalue weighted by Gasteiger charge is -2.31. The third-order valence-electron chi connectivity index (χ3n) is 2.81. The molecule has 1 nitrogen and oxygen atoms in total. The van der Waals surface area contributed by atoms with Crippen LogP contribution in [-0.4, -0.2) is 25.0 Å². The van der Waals surface area contributed by atoms with E-state index >= 15 is 0 Å². The summed E-state index contributed by atoms with van der Waals surface area (Å²) in [7, 11) is 0. The number of alkyl halides is 2. The number of halogens is 2. The molecule has 16 heavy (non-hydrogen) atoms. The summed E-state index contributed by atoms with van der Waals surface area (Å²) in [5.41, 5.74) is 2.13. The van der Waals surface area contributed by atoms with Crippen molar-refractivity contribution in [1.29, 1.82) is 0 Å². The van der Waals surface area contributed by atoms with Crippen LogP contribution in [0.15, 0.2) is 24.3 Å². The van der Waals surface area contributed by atoms with Gasteiger partial charge in [-0.1, -0.05) is 24.3 Å². The van der Waals surface area contributed by atoms with Crippen molar-refractivity contribution in [3.8, 4) is 0 Å². The SMILES string of the molecule is CCOCC(CCl)(CCl)c1ccccc1C. The summed E-state index contributed by atoms with van der Waals surface area (Å²) in [5, 5.41) is 0. The molecule has 90 valence electrons. The summed E-state index contributed by atoms with van der Waals surface area (Å²) in [6, 6.07) is 8.20. The maximum atomic E-state index is 6.10. The molecule has 0 aromatic heterocycles. The lowest BCUT2D eigenvalue weighted by molar-refractivity contribution is 0.108. The Morgan fingerprint density at radius 3 is 2.31 bits per heavy atom. The fourth-order valence-electron chi connectivity index (χ4n) is 1.80. The predicted octanol–water partition coefficient (Wildman–Crippen LogP) is 3.75. The minimum Gasteiger partial charge on any atom is -0.381 e. The third-order valence-corrected chi connectivity index (χ3v) is 3.83. The van der Waals surface area contributed by atoms with Crippen LogP contribution in [0.5, 0.6) is 0 Å². The maximum absolute atomic E-state index is 6.10. The first-order valence-electron chi connectivity index (χ1n) is 5.46. The predicted molar refractivity (Wildman–Crippen MR) is 70.8 cm³/mol. The lowest BCUT2D eigenvalue weighted by atomic mass is 9.82. The van der Waals surface area contributed by atoms with Gasteiger partial charge in [0.2, 0.25) is 0 Å². The van der Waals surface area contributed by atoms with Gasteiger partial charge in [0.05, 0.1) is 6.61 Å². The van der Waals surface area contributed by atoms with E-state index in [2.05, 4.69) is 19.1 Å². The first-order chi connectivity index (χ1) is 7.70. The average molecular weight is 261 g/mol. The highest BCUT2D eigenvalue weighted by Crippen LogP contribution is 2.30. The van der Waals surface area contributed by atoms with Crippen molar-refractivity contribution in [2.75, 3.05) is 25.0 Å². The monoisotopic (exact) mass is 260 g/mol. The van der Waals surface area contributed by atoms with Gasteiger partial charge in [0, 0.05) is 23.8 Å². The van der Waals surface area contributed by atoms with E-state index in [0.717, 1.165) is 0 Å². The molecule has 0 bridgehead atoms. The molecule has 0 saturated carbocycles. The van der Waals surface area contributed by atoms with Crippen LogP contribution in [0.3, 0.4) is 0 Å².